The number of hydrogen-bond acceptors (Lipinski definition) is 5. The molecule has 0 N–H and O–H groups in total. The molecular formula is C20H21BrO5. The fraction of sp³-hybridized carbons (Fsp3) is 0.300. The van der Waals surface area contributed by atoms with E-state index in [1.807, 2.05) is 0 Å². The Labute approximate surface area is 161 Å². The Morgan fingerprint density at radius 1 is 1.00 bits per heavy atom. The summed E-state index contributed by atoms with van der Waals surface area (Å²) in [7, 11) is 1.27. The average molecular weight is 421 g/mol. The van der Waals surface area contributed by atoms with Crippen molar-refractivity contribution in [3.63, 3.8) is 0 Å². The number of halogens is 1. The largest absolute Gasteiger partial charge is 0.494 e. The van der Waals surface area contributed by atoms with E-state index in [1.54, 1.807) is 42.5 Å². The van der Waals surface area contributed by atoms with Gasteiger partial charge in [0.2, 0.25) is 0 Å². The number of unbranched alkanes of at least 4 members (excludes halogenated alkanes) is 2. The number of hydrogen-bond donors (Lipinski definition) is 0. The number of benzene rings is 2. The molecule has 2 rings (SSSR count). The Balaban J connectivity index is 2.05. The van der Waals surface area contributed by atoms with Crippen molar-refractivity contribution in [1.82, 2.24) is 0 Å². The second kappa shape index (κ2) is 9.97. The van der Waals surface area contributed by atoms with Gasteiger partial charge in [0.25, 0.3) is 0 Å². The monoisotopic (exact) mass is 420 g/mol. The van der Waals surface area contributed by atoms with E-state index >= 15 is 0 Å². The quantitative estimate of drug-likeness (QED) is 0.340. The molecule has 6 heteroatoms. The summed E-state index contributed by atoms with van der Waals surface area (Å²) in [5.41, 5.74) is 0.538. The molecule has 0 amide bonds. The first-order chi connectivity index (χ1) is 12.5. The summed E-state index contributed by atoms with van der Waals surface area (Å²) in [5, 5.41) is 0. The fourth-order valence-corrected chi connectivity index (χ4v) is 2.61. The molecule has 0 spiro atoms. The minimum absolute atomic E-state index is 0.143. The van der Waals surface area contributed by atoms with Crippen LogP contribution in [0.5, 0.6) is 11.5 Å². The van der Waals surface area contributed by atoms with Gasteiger partial charge in [-0.15, -0.1) is 0 Å². The summed E-state index contributed by atoms with van der Waals surface area (Å²) in [4.78, 5) is 24.2. The molecule has 0 saturated carbocycles. The minimum atomic E-state index is -0.579. The van der Waals surface area contributed by atoms with Crippen LogP contribution in [-0.2, 0) is 4.74 Å². The zero-order chi connectivity index (χ0) is 18.9. The summed E-state index contributed by atoms with van der Waals surface area (Å²) >= 11 is 3.28. The van der Waals surface area contributed by atoms with Gasteiger partial charge in [-0.3, -0.25) is 0 Å². The minimum Gasteiger partial charge on any atom is -0.494 e. The number of carbonyl (C=O) groups is 2. The Morgan fingerprint density at radius 2 is 1.73 bits per heavy atom. The van der Waals surface area contributed by atoms with Gasteiger partial charge in [-0.25, -0.2) is 9.59 Å². The van der Waals surface area contributed by atoms with Crippen molar-refractivity contribution in [2.45, 2.75) is 26.2 Å². The summed E-state index contributed by atoms with van der Waals surface area (Å²) in [6.07, 6.45) is 3.26. The van der Waals surface area contributed by atoms with Gasteiger partial charge >= 0.3 is 11.9 Å². The maximum absolute atomic E-state index is 12.3. The Hall–Kier alpha value is -2.34. The van der Waals surface area contributed by atoms with Gasteiger partial charge < -0.3 is 14.2 Å². The maximum Gasteiger partial charge on any atom is 0.343 e. The van der Waals surface area contributed by atoms with Crippen molar-refractivity contribution in [3.8, 4) is 11.5 Å². The lowest BCUT2D eigenvalue weighted by Crippen LogP contribution is -2.12. The molecule has 26 heavy (non-hydrogen) atoms. The highest BCUT2D eigenvalue weighted by molar-refractivity contribution is 9.10. The van der Waals surface area contributed by atoms with Crippen molar-refractivity contribution < 1.29 is 23.8 Å². The first kappa shape index (κ1) is 20.0. The highest BCUT2D eigenvalue weighted by Gasteiger charge is 2.17. The van der Waals surface area contributed by atoms with Crippen LogP contribution in [0.1, 0.15) is 46.9 Å². The highest BCUT2D eigenvalue weighted by atomic mass is 79.9. The average Bonchev–Trinajstić information content (AvgIpc) is 2.66. The van der Waals surface area contributed by atoms with E-state index in [1.165, 1.54) is 7.11 Å². The van der Waals surface area contributed by atoms with E-state index < -0.39 is 11.9 Å². The topological polar surface area (TPSA) is 61.8 Å². The predicted octanol–water partition coefficient (Wildman–Crippen LogP) is 5.02. The van der Waals surface area contributed by atoms with Crippen LogP contribution < -0.4 is 9.47 Å². The summed E-state index contributed by atoms with van der Waals surface area (Å²) < 4.78 is 16.4. The molecule has 0 fully saturated rings. The van der Waals surface area contributed by atoms with Crippen LogP contribution in [0.25, 0.3) is 0 Å². The number of rotatable bonds is 8. The Morgan fingerprint density at radius 3 is 2.38 bits per heavy atom. The first-order valence-electron chi connectivity index (χ1n) is 8.38. The third-order valence-corrected chi connectivity index (χ3v) is 4.15. The van der Waals surface area contributed by atoms with Crippen LogP contribution >= 0.6 is 15.9 Å². The summed E-state index contributed by atoms with van der Waals surface area (Å²) in [6, 6.07) is 11.5. The molecule has 0 aliphatic heterocycles. The molecule has 138 valence electrons. The van der Waals surface area contributed by atoms with Gasteiger partial charge in [0, 0.05) is 4.47 Å². The molecule has 0 unspecified atom stereocenters. The predicted molar refractivity (Wildman–Crippen MR) is 102 cm³/mol. The van der Waals surface area contributed by atoms with E-state index in [0.29, 0.717) is 22.4 Å². The molecule has 0 bridgehead atoms. The normalized spacial score (nSPS) is 10.3. The summed E-state index contributed by atoms with van der Waals surface area (Å²) in [6.45, 7) is 2.79. The van der Waals surface area contributed by atoms with Gasteiger partial charge in [-0.1, -0.05) is 35.7 Å². The smallest absolute Gasteiger partial charge is 0.343 e. The Bertz CT molecular complexity index is 755. The molecule has 0 heterocycles. The number of carbonyl (C=O) groups excluding carboxylic acids is 2. The van der Waals surface area contributed by atoms with E-state index in [9.17, 15) is 9.59 Å². The van der Waals surface area contributed by atoms with E-state index in [4.69, 9.17) is 14.2 Å². The van der Waals surface area contributed by atoms with E-state index in [2.05, 4.69) is 22.9 Å². The zero-order valence-corrected chi connectivity index (χ0v) is 16.4. The molecule has 0 aromatic heterocycles. The first-order valence-corrected chi connectivity index (χ1v) is 9.17. The third-order valence-electron chi connectivity index (χ3n) is 3.66. The lowest BCUT2D eigenvalue weighted by molar-refractivity contribution is 0.0593. The van der Waals surface area contributed by atoms with Crippen molar-refractivity contribution in [3.05, 3.63) is 58.1 Å². The second-order valence-corrected chi connectivity index (χ2v) is 6.52. The highest BCUT2D eigenvalue weighted by Crippen LogP contribution is 2.25. The fourth-order valence-electron chi connectivity index (χ4n) is 2.25. The molecule has 2 aromatic rings. The van der Waals surface area contributed by atoms with E-state index in [0.717, 1.165) is 19.3 Å². The zero-order valence-electron chi connectivity index (χ0n) is 14.8. The van der Waals surface area contributed by atoms with Gasteiger partial charge in [-0.05, 0) is 48.9 Å². The lowest BCUT2D eigenvalue weighted by atomic mass is 10.2. The van der Waals surface area contributed by atoms with Crippen molar-refractivity contribution in [2.75, 3.05) is 13.7 Å². The Kier molecular flexibility index (Phi) is 7.66. The number of esters is 2. The number of ether oxygens (including phenoxy) is 3. The second-order valence-electron chi connectivity index (χ2n) is 5.60. The van der Waals surface area contributed by atoms with Crippen LogP contribution in [-0.4, -0.2) is 25.7 Å². The van der Waals surface area contributed by atoms with Crippen molar-refractivity contribution in [1.29, 1.82) is 0 Å². The maximum atomic E-state index is 12.3. The van der Waals surface area contributed by atoms with Crippen molar-refractivity contribution in [2.24, 2.45) is 0 Å². The van der Waals surface area contributed by atoms with Crippen molar-refractivity contribution >= 4 is 27.9 Å². The van der Waals surface area contributed by atoms with Crippen LogP contribution in [0.3, 0.4) is 0 Å². The lowest BCUT2D eigenvalue weighted by Gasteiger charge is -2.10. The van der Waals surface area contributed by atoms with Gasteiger partial charge in [-0.2, -0.15) is 0 Å². The molecular weight excluding hydrogens is 400 g/mol. The molecule has 0 radical (unpaired) electrons. The SMILES string of the molecule is CCCCCOc1ccc(C(=O)Oc2ccc(Br)cc2C(=O)OC)cc1. The third kappa shape index (κ3) is 5.59. The molecule has 0 aliphatic carbocycles. The molecule has 5 nitrogen and oxygen atoms in total. The standard InChI is InChI=1S/C20H21BrO5/c1-3-4-5-12-25-16-9-6-14(7-10-16)19(22)26-18-11-8-15(21)13-17(18)20(23)24-2/h6-11,13H,3-5,12H2,1-2H3. The van der Waals surface area contributed by atoms with E-state index in [-0.39, 0.29) is 11.3 Å². The van der Waals surface area contributed by atoms with Crippen LogP contribution in [0.15, 0.2) is 46.9 Å². The summed E-state index contributed by atoms with van der Waals surface area (Å²) in [5.74, 6) is -0.290. The molecule has 2 aromatic carbocycles. The van der Waals surface area contributed by atoms with Crippen LogP contribution in [0.4, 0.5) is 0 Å². The number of methoxy groups -OCH3 is 1. The van der Waals surface area contributed by atoms with Crippen LogP contribution in [0, 0.1) is 0 Å². The molecule has 0 atom stereocenters. The molecule has 0 saturated heterocycles. The van der Waals surface area contributed by atoms with Crippen LogP contribution in [0.2, 0.25) is 0 Å². The molecule has 0 aliphatic rings. The van der Waals surface area contributed by atoms with Gasteiger partial charge in [0.1, 0.15) is 17.1 Å². The van der Waals surface area contributed by atoms with Gasteiger partial charge in [0.05, 0.1) is 19.3 Å². The van der Waals surface area contributed by atoms with Gasteiger partial charge in [0.15, 0.2) is 0 Å².